The normalized spacial score (nSPS) is 10.6. The molecular weight excluding hydrogens is 443 g/mol. The summed E-state index contributed by atoms with van der Waals surface area (Å²) >= 11 is 17.0. The zero-order chi connectivity index (χ0) is 22.1. The van der Waals surface area contributed by atoms with E-state index in [9.17, 15) is 9.59 Å². The number of unbranched alkanes of at least 4 members (excludes halogenated alkanes) is 1. The third-order valence-corrected chi connectivity index (χ3v) is 5.04. The molecule has 0 saturated carbocycles. The third kappa shape index (κ3) is 8.28. The van der Waals surface area contributed by atoms with Crippen molar-refractivity contribution in [3.8, 4) is 0 Å². The lowest BCUT2D eigenvalue weighted by atomic mass is 10.2. The van der Waals surface area contributed by atoms with Gasteiger partial charge in [0.25, 0.3) is 5.91 Å². The Kier molecular flexibility index (Phi) is 9.52. The lowest BCUT2D eigenvalue weighted by Gasteiger charge is -2.11. The Hall–Kier alpha value is -2.19. The van der Waals surface area contributed by atoms with Crippen molar-refractivity contribution in [2.24, 2.45) is 0 Å². The highest BCUT2D eigenvalue weighted by Gasteiger charge is 2.10. The average Bonchev–Trinajstić information content (AvgIpc) is 2.68. The molecule has 0 fully saturated rings. The number of halogens is 2. The predicted molar refractivity (Wildman–Crippen MR) is 128 cm³/mol. The van der Waals surface area contributed by atoms with E-state index in [4.69, 9.17) is 35.4 Å². The Morgan fingerprint density at radius 2 is 1.57 bits per heavy atom. The monoisotopic (exact) mass is 466 g/mol. The van der Waals surface area contributed by atoms with Gasteiger partial charge in [-0.2, -0.15) is 0 Å². The first kappa shape index (κ1) is 24.1. The molecule has 30 heavy (non-hydrogen) atoms. The largest absolute Gasteiger partial charge is 0.332 e. The van der Waals surface area contributed by atoms with Crippen molar-refractivity contribution < 1.29 is 9.59 Å². The maximum Gasteiger partial charge on any atom is 0.257 e. The minimum atomic E-state index is -0.399. The second-order valence-corrected chi connectivity index (χ2v) is 8.15. The van der Waals surface area contributed by atoms with E-state index >= 15 is 0 Å². The molecule has 0 aliphatic heterocycles. The number of nitrogens with one attached hydrogen (secondary N) is 3. The maximum absolute atomic E-state index is 12.2. The summed E-state index contributed by atoms with van der Waals surface area (Å²) in [5.41, 5.74) is 1.72. The van der Waals surface area contributed by atoms with Crippen LogP contribution in [0.5, 0.6) is 0 Å². The fourth-order valence-electron chi connectivity index (χ4n) is 2.55. The van der Waals surface area contributed by atoms with E-state index in [1.54, 1.807) is 36.4 Å². The van der Waals surface area contributed by atoms with Crippen LogP contribution in [0.2, 0.25) is 10.0 Å². The molecule has 6 nitrogen and oxygen atoms in total. The molecule has 0 aromatic heterocycles. The second-order valence-electron chi connectivity index (χ2n) is 6.92. The predicted octanol–water partition coefficient (Wildman–Crippen LogP) is 4.79. The van der Waals surface area contributed by atoms with E-state index in [1.165, 1.54) is 6.07 Å². The second kappa shape index (κ2) is 11.9. The van der Waals surface area contributed by atoms with Crippen LogP contribution >= 0.6 is 35.4 Å². The van der Waals surface area contributed by atoms with Crippen LogP contribution in [0, 0.1) is 0 Å². The number of carbonyl (C=O) groups is 2. The summed E-state index contributed by atoms with van der Waals surface area (Å²) in [6, 6.07) is 11.6. The number of hydrogen-bond acceptors (Lipinski definition) is 4. The third-order valence-electron chi connectivity index (χ3n) is 4.09. The van der Waals surface area contributed by atoms with Crippen LogP contribution in [-0.2, 0) is 4.79 Å². The molecule has 0 bridgehead atoms. The zero-order valence-electron chi connectivity index (χ0n) is 16.8. The number of thiocarbonyl (C=S) groups is 1. The van der Waals surface area contributed by atoms with Gasteiger partial charge in [-0.1, -0.05) is 23.2 Å². The topological polar surface area (TPSA) is 73.5 Å². The molecule has 0 heterocycles. The summed E-state index contributed by atoms with van der Waals surface area (Å²) in [6.07, 6.45) is 2.31. The molecule has 2 rings (SSSR count). The minimum Gasteiger partial charge on any atom is -0.332 e. The van der Waals surface area contributed by atoms with E-state index < -0.39 is 5.91 Å². The molecule has 2 aromatic carbocycles. The van der Waals surface area contributed by atoms with Crippen LogP contribution in [-0.4, -0.2) is 42.5 Å². The maximum atomic E-state index is 12.2. The number of amides is 2. The van der Waals surface area contributed by atoms with Crippen LogP contribution in [0.3, 0.4) is 0 Å². The quantitative estimate of drug-likeness (QED) is 0.385. The van der Waals surface area contributed by atoms with Gasteiger partial charge in [-0.3, -0.25) is 14.9 Å². The van der Waals surface area contributed by atoms with Gasteiger partial charge in [0.1, 0.15) is 0 Å². The highest BCUT2D eigenvalue weighted by molar-refractivity contribution is 7.80. The Labute approximate surface area is 191 Å². The molecule has 0 radical (unpaired) electrons. The van der Waals surface area contributed by atoms with Crippen LogP contribution in [0.1, 0.15) is 29.6 Å². The van der Waals surface area contributed by atoms with Gasteiger partial charge in [-0.15, -0.1) is 0 Å². The Bertz CT molecular complexity index is 904. The Morgan fingerprint density at radius 3 is 2.17 bits per heavy atom. The van der Waals surface area contributed by atoms with Gasteiger partial charge in [0, 0.05) is 23.4 Å². The molecule has 160 valence electrons. The number of benzene rings is 2. The van der Waals surface area contributed by atoms with Gasteiger partial charge >= 0.3 is 0 Å². The molecule has 2 amide bonds. The van der Waals surface area contributed by atoms with Crippen LogP contribution < -0.4 is 16.0 Å². The van der Waals surface area contributed by atoms with Crippen LogP contribution in [0.4, 0.5) is 11.4 Å². The molecule has 2 aromatic rings. The first-order valence-electron chi connectivity index (χ1n) is 9.36. The molecule has 0 spiro atoms. The fourth-order valence-corrected chi connectivity index (χ4v) is 3.06. The van der Waals surface area contributed by atoms with E-state index in [1.807, 2.05) is 14.1 Å². The molecule has 0 aliphatic rings. The summed E-state index contributed by atoms with van der Waals surface area (Å²) < 4.78 is 0. The summed E-state index contributed by atoms with van der Waals surface area (Å²) in [5, 5.41) is 9.18. The van der Waals surface area contributed by atoms with Crippen LogP contribution in [0.25, 0.3) is 0 Å². The van der Waals surface area contributed by atoms with E-state index in [0.29, 0.717) is 33.4 Å². The van der Waals surface area contributed by atoms with Crippen molar-refractivity contribution in [1.82, 2.24) is 10.2 Å². The molecule has 0 atom stereocenters. The summed E-state index contributed by atoms with van der Waals surface area (Å²) in [4.78, 5) is 26.3. The first-order valence-corrected chi connectivity index (χ1v) is 10.5. The first-order chi connectivity index (χ1) is 14.2. The van der Waals surface area contributed by atoms with Crippen molar-refractivity contribution in [1.29, 1.82) is 0 Å². The molecule has 0 unspecified atom stereocenters. The fraction of sp³-hybridized carbons (Fsp3) is 0.286. The number of rotatable bonds is 8. The Morgan fingerprint density at radius 1 is 0.933 bits per heavy atom. The summed E-state index contributed by atoms with van der Waals surface area (Å²) in [5.74, 6) is -0.414. The summed E-state index contributed by atoms with van der Waals surface area (Å²) in [6.45, 7) is 0.967. The van der Waals surface area contributed by atoms with Gasteiger partial charge in [0.15, 0.2) is 5.11 Å². The highest BCUT2D eigenvalue weighted by Crippen LogP contribution is 2.22. The number of nitrogens with zero attached hydrogens (tertiary/aromatic N) is 1. The van der Waals surface area contributed by atoms with E-state index in [-0.39, 0.29) is 11.0 Å². The van der Waals surface area contributed by atoms with E-state index in [2.05, 4.69) is 20.9 Å². The standard InChI is InChI=1S/C21H24Cl2N4O2S/c1-27(2)12-4-3-5-19(28)24-15-7-9-16(10-8-15)25-21(30)26-20(29)14-6-11-17(22)18(23)13-14/h6-11,13H,3-5,12H2,1-2H3,(H,24,28)(H2,25,26,29,30). The molecule has 0 saturated heterocycles. The molecule has 3 N–H and O–H groups in total. The van der Waals surface area contributed by atoms with Gasteiger partial charge in [0.05, 0.1) is 10.0 Å². The van der Waals surface area contributed by atoms with Gasteiger partial charge < -0.3 is 15.5 Å². The average molecular weight is 467 g/mol. The SMILES string of the molecule is CN(C)CCCCC(=O)Nc1ccc(NC(=S)NC(=O)c2ccc(Cl)c(Cl)c2)cc1. The molecule has 0 aliphatic carbocycles. The van der Waals surface area contributed by atoms with Crippen molar-refractivity contribution in [3.05, 3.63) is 58.1 Å². The van der Waals surface area contributed by atoms with Gasteiger partial charge in [0.2, 0.25) is 5.91 Å². The van der Waals surface area contributed by atoms with Crippen LogP contribution in [0.15, 0.2) is 42.5 Å². The van der Waals surface area contributed by atoms with Gasteiger partial charge in [-0.05, 0) is 88.2 Å². The number of carbonyl (C=O) groups excluding carboxylic acids is 2. The van der Waals surface area contributed by atoms with Crippen molar-refractivity contribution in [3.63, 3.8) is 0 Å². The highest BCUT2D eigenvalue weighted by atomic mass is 35.5. The molecular formula is C21H24Cl2N4O2S. The van der Waals surface area contributed by atoms with Crippen molar-refractivity contribution in [2.75, 3.05) is 31.3 Å². The lowest BCUT2D eigenvalue weighted by Crippen LogP contribution is -2.34. The smallest absolute Gasteiger partial charge is 0.257 e. The van der Waals surface area contributed by atoms with Gasteiger partial charge in [-0.25, -0.2) is 0 Å². The minimum absolute atomic E-state index is 0.0149. The van der Waals surface area contributed by atoms with Crippen molar-refractivity contribution >= 4 is 63.7 Å². The summed E-state index contributed by atoms with van der Waals surface area (Å²) in [7, 11) is 4.03. The lowest BCUT2D eigenvalue weighted by molar-refractivity contribution is -0.116. The Balaban J connectivity index is 1.80. The number of anilines is 2. The molecule has 9 heteroatoms. The van der Waals surface area contributed by atoms with Crippen molar-refractivity contribution in [2.45, 2.75) is 19.3 Å². The van der Waals surface area contributed by atoms with E-state index in [0.717, 1.165) is 19.4 Å². The zero-order valence-corrected chi connectivity index (χ0v) is 19.1. The number of hydrogen-bond donors (Lipinski definition) is 3.